The average Bonchev–Trinajstić information content (AvgIpc) is 3.31. The van der Waals surface area contributed by atoms with Crippen LogP contribution in [0.25, 0.3) is 22.3 Å². The number of aromatic nitrogens is 2. The SMILES string of the molecule is CC[C@@]1(OC(=O)c2cccc([N+](=O)[O-])c2[N+](=O)[O-])C(=O)OCc2c1cc1n(c2=O)Cc2cc3c(N)cccc3nc2-1. The molecule has 0 saturated heterocycles. The molecule has 14 nitrogen and oxygen atoms in total. The molecule has 41 heavy (non-hydrogen) atoms. The molecule has 4 heterocycles. The fourth-order valence-electron chi connectivity index (χ4n) is 5.43. The Morgan fingerprint density at radius 2 is 1.90 bits per heavy atom. The lowest BCUT2D eigenvalue weighted by atomic mass is 9.85. The van der Waals surface area contributed by atoms with Crippen LogP contribution in [0.3, 0.4) is 0 Å². The van der Waals surface area contributed by atoms with Gasteiger partial charge in [-0.15, -0.1) is 0 Å². The maximum atomic E-state index is 13.7. The van der Waals surface area contributed by atoms with Crippen LogP contribution in [0.2, 0.25) is 0 Å². The van der Waals surface area contributed by atoms with Crippen molar-refractivity contribution in [3.05, 3.63) is 101 Å². The van der Waals surface area contributed by atoms with E-state index in [1.807, 2.05) is 6.07 Å². The molecular formula is C27H19N5O9. The zero-order chi connectivity index (χ0) is 29.2. The largest absolute Gasteiger partial charge is 0.457 e. The van der Waals surface area contributed by atoms with E-state index < -0.39 is 49.9 Å². The van der Waals surface area contributed by atoms with E-state index in [-0.39, 0.29) is 30.7 Å². The number of rotatable bonds is 5. The third-order valence-electron chi connectivity index (χ3n) is 7.43. The number of para-hydroxylation sites is 1. The molecule has 0 spiro atoms. The summed E-state index contributed by atoms with van der Waals surface area (Å²) in [6, 6.07) is 11.6. The Labute approximate surface area is 229 Å². The number of nitrogens with two attached hydrogens (primary N) is 1. The molecule has 206 valence electrons. The molecule has 14 heteroatoms. The topological polar surface area (TPSA) is 200 Å². The van der Waals surface area contributed by atoms with Gasteiger partial charge in [0.05, 0.1) is 38.9 Å². The molecule has 0 fully saturated rings. The number of pyridine rings is 2. The fraction of sp³-hybridized carbons (Fsp3) is 0.185. The lowest BCUT2D eigenvalue weighted by molar-refractivity contribution is -0.422. The zero-order valence-corrected chi connectivity index (χ0v) is 21.3. The van der Waals surface area contributed by atoms with Crippen LogP contribution in [0.15, 0.2) is 53.3 Å². The first-order valence-corrected chi connectivity index (χ1v) is 12.4. The van der Waals surface area contributed by atoms with Gasteiger partial charge < -0.3 is 19.8 Å². The highest BCUT2D eigenvalue weighted by Gasteiger charge is 2.51. The second-order valence-electron chi connectivity index (χ2n) is 9.56. The number of ether oxygens (including phenoxy) is 2. The molecule has 4 aromatic rings. The van der Waals surface area contributed by atoms with Gasteiger partial charge in [0.25, 0.3) is 5.56 Å². The molecule has 0 unspecified atom stereocenters. The standard InChI is InChI=1S/C27H19N5O9/c1-2-27(41-25(34)14-5-3-8-20(31(36)37)23(14)32(38)39)17-10-21-22-13(9-15-18(28)6-4-7-19(15)29-22)11-30(21)24(33)16(17)12-40-26(27)35/h3-10H,2,11-12,28H2,1H3/t27-/m0/s1. The van der Waals surface area contributed by atoms with E-state index in [4.69, 9.17) is 20.2 Å². The summed E-state index contributed by atoms with van der Waals surface area (Å²) in [6.45, 7) is 1.31. The normalized spacial score (nSPS) is 16.9. The molecule has 0 saturated carbocycles. The average molecular weight is 557 g/mol. The van der Waals surface area contributed by atoms with Gasteiger partial charge in [-0.25, -0.2) is 14.6 Å². The number of benzene rings is 2. The summed E-state index contributed by atoms with van der Waals surface area (Å²) in [4.78, 5) is 66.0. The Balaban J connectivity index is 1.52. The van der Waals surface area contributed by atoms with Crippen LogP contribution in [0.5, 0.6) is 0 Å². The highest BCUT2D eigenvalue weighted by atomic mass is 16.6. The van der Waals surface area contributed by atoms with Crippen LogP contribution < -0.4 is 11.3 Å². The Kier molecular flexibility index (Phi) is 5.58. The Morgan fingerprint density at radius 1 is 1.15 bits per heavy atom. The number of nitro benzene ring substituents is 2. The van der Waals surface area contributed by atoms with Crippen molar-refractivity contribution >= 4 is 39.9 Å². The second-order valence-corrected chi connectivity index (χ2v) is 9.56. The number of hydrogen-bond acceptors (Lipinski definition) is 11. The first-order valence-electron chi connectivity index (χ1n) is 12.4. The van der Waals surface area contributed by atoms with Crippen LogP contribution in [0.4, 0.5) is 17.1 Å². The van der Waals surface area contributed by atoms with Crippen LogP contribution >= 0.6 is 0 Å². The van der Waals surface area contributed by atoms with Crippen LogP contribution in [0, 0.1) is 20.2 Å². The van der Waals surface area contributed by atoms with Crippen molar-refractivity contribution in [3.63, 3.8) is 0 Å². The lowest BCUT2D eigenvalue weighted by Gasteiger charge is -2.35. The summed E-state index contributed by atoms with van der Waals surface area (Å²) in [7, 11) is 0. The molecular weight excluding hydrogens is 538 g/mol. The molecule has 0 bridgehead atoms. The molecule has 0 radical (unpaired) electrons. The van der Waals surface area contributed by atoms with Gasteiger partial charge in [-0.3, -0.25) is 25.0 Å². The Hall–Kier alpha value is -5.66. The summed E-state index contributed by atoms with van der Waals surface area (Å²) in [5.41, 5.74) is 3.51. The van der Waals surface area contributed by atoms with Crippen molar-refractivity contribution in [3.8, 4) is 11.4 Å². The van der Waals surface area contributed by atoms with E-state index in [0.717, 1.165) is 18.2 Å². The number of esters is 2. The van der Waals surface area contributed by atoms with Gasteiger partial charge in [-0.2, -0.15) is 0 Å². The van der Waals surface area contributed by atoms with Crippen molar-refractivity contribution < 1.29 is 28.9 Å². The van der Waals surface area contributed by atoms with Gasteiger partial charge in [0, 0.05) is 28.3 Å². The van der Waals surface area contributed by atoms with E-state index >= 15 is 0 Å². The summed E-state index contributed by atoms with van der Waals surface area (Å²) in [5, 5.41) is 23.8. The number of carbonyl (C=O) groups excluding carboxylic acids is 2. The summed E-state index contributed by atoms with van der Waals surface area (Å²) < 4.78 is 12.4. The molecule has 2 aliphatic heterocycles. The molecule has 2 aliphatic rings. The van der Waals surface area contributed by atoms with Crippen molar-refractivity contribution in [2.75, 3.05) is 5.73 Å². The van der Waals surface area contributed by atoms with Crippen molar-refractivity contribution in [2.24, 2.45) is 0 Å². The third-order valence-corrected chi connectivity index (χ3v) is 7.43. The van der Waals surface area contributed by atoms with Gasteiger partial charge in [0.1, 0.15) is 12.2 Å². The van der Waals surface area contributed by atoms with Crippen molar-refractivity contribution in [2.45, 2.75) is 32.1 Å². The Morgan fingerprint density at radius 3 is 2.61 bits per heavy atom. The van der Waals surface area contributed by atoms with Crippen LogP contribution in [-0.2, 0) is 33.0 Å². The minimum Gasteiger partial charge on any atom is -0.457 e. The van der Waals surface area contributed by atoms with Crippen molar-refractivity contribution in [1.82, 2.24) is 9.55 Å². The smallest absolute Gasteiger partial charge is 0.360 e. The second kappa shape index (κ2) is 8.94. The molecule has 0 amide bonds. The number of nitrogen functional groups attached to an aromatic ring is 1. The van der Waals surface area contributed by atoms with E-state index in [0.29, 0.717) is 33.5 Å². The molecule has 2 aromatic carbocycles. The Bertz CT molecular complexity index is 1930. The maximum Gasteiger partial charge on any atom is 0.360 e. The van der Waals surface area contributed by atoms with Crippen LogP contribution in [0.1, 0.15) is 40.4 Å². The molecule has 0 aliphatic carbocycles. The van der Waals surface area contributed by atoms with Gasteiger partial charge in [0.2, 0.25) is 5.60 Å². The van der Waals surface area contributed by atoms with Gasteiger partial charge in [0.15, 0.2) is 0 Å². The van der Waals surface area contributed by atoms with E-state index in [9.17, 15) is 34.6 Å². The summed E-state index contributed by atoms with van der Waals surface area (Å²) >= 11 is 0. The van der Waals surface area contributed by atoms with E-state index in [1.165, 1.54) is 17.6 Å². The molecule has 2 aromatic heterocycles. The van der Waals surface area contributed by atoms with Crippen LogP contribution in [-0.4, -0.2) is 31.3 Å². The minimum atomic E-state index is -2.16. The third kappa shape index (κ3) is 3.64. The quantitative estimate of drug-likeness (QED) is 0.144. The first-order chi connectivity index (χ1) is 19.6. The number of carbonyl (C=O) groups is 2. The highest BCUT2D eigenvalue weighted by Crippen LogP contribution is 2.42. The summed E-state index contributed by atoms with van der Waals surface area (Å²) in [6.07, 6.45) is -0.204. The number of nitro groups is 2. The molecule has 1 atom stereocenters. The number of hydrogen-bond donors (Lipinski definition) is 1. The van der Waals surface area contributed by atoms with E-state index in [1.54, 1.807) is 18.2 Å². The van der Waals surface area contributed by atoms with E-state index in [2.05, 4.69) is 0 Å². The number of fused-ring (bicyclic) bond motifs is 5. The first kappa shape index (κ1) is 25.6. The van der Waals surface area contributed by atoms with Gasteiger partial charge in [-0.1, -0.05) is 19.1 Å². The van der Waals surface area contributed by atoms with Gasteiger partial charge >= 0.3 is 23.3 Å². The maximum absolute atomic E-state index is 13.7. The van der Waals surface area contributed by atoms with Crippen molar-refractivity contribution in [1.29, 1.82) is 0 Å². The lowest BCUT2D eigenvalue weighted by Crippen LogP contribution is -2.47. The highest BCUT2D eigenvalue weighted by molar-refractivity contribution is 5.98. The summed E-state index contributed by atoms with van der Waals surface area (Å²) in [5.74, 6) is -2.36. The zero-order valence-electron chi connectivity index (χ0n) is 21.3. The number of cyclic esters (lactones) is 1. The monoisotopic (exact) mass is 557 g/mol. The molecule has 2 N–H and O–H groups in total. The van der Waals surface area contributed by atoms with Gasteiger partial charge in [-0.05, 0) is 36.8 Å². The molecule has 6 rings (SSSR count). The predicted octanol–water partition coefficient (Wildman–Crippen LogP) is 3.34. The number of nitrogens with zero attached hydrogens (tertiary/aromatic N) is 4. The minimum absolute atomic E-state index is 0.0521. The number of anilines is 1. The fourth-order valence-corrected chi connectivity index (χ4v) is 5.43. The predicted molar refractivity (Wildman–Crippen MR) is 142 cm³/mol.